The van der Waals surface area contributed by atoms with E-state index in [4.69, 9.17) is 0 Å². The number of hydrogen-bond donors (Lipinski definition) is 0. The monoisotopic (exact) mass is 261 g/mol. The Morgan fingerprint density at radius 3 is 2.20 bits per heavy atom. The van der Waals surface area contributed by atoms with Gasteiger partial charge in [-0.2, -0.15) is 0 Å². The number of nitrogens with zero attached hydrogens (tertiary/aromatic N) is 1. The van der Waals surface area contributed by atoms with Crippen LogP contribution in [-0.2, 0) is 5.41 Å². The molecule has 0 radical (unpaired) electrons. The van der Waals surface area contributed by atoms with E-state index >= 15 is 0 Å². The van der Waals surface area contributed by atoms with Gasteiger partial charge < -0.3 is 0 Å². The van der Waals surface area contributed by atoms with Crippen LogP contribution < -0.4 is 0 Å². The molecule has 2 aromatic carbocycles. The minimum Gasteiger partial charge on any atom is -0.256 e. The van der Waals surface area contributed by atoms with Gasteiger partial charge in [0.05, 0.1) is 5.52 Å². The smallest absolute Gasteiger partial charge is 0.0702 e. The normalized spacial score (nSPS) is 11.8. The largest absolute Gasteiger partial charge is 0.256 e. The molecule has 1 nitrogen and oxygen atoms in total. The maximum absolute atomic E-state index is 4.36. The Morgan fingerprint density at radius 1 is 0.800 bits per heavy atom. The Morgan fingerprint density at radius 2 is 1.50 bits per heavy atom. The minimum absolute atomic E-state index is 0.200. The van der Waals surface area contributed by atoms with Gasteiger partial charge in [-0.3, -0.25) is 4.98 Å². The highest BCUT2D eigenvalue weighted by atomic mass is 14.6. The van der Waals surface area contributed by atoms with Crippen molar-refractivity contribution in [2.24, 2.45) is 0 Å². The van der Waals surface area contributed by atoms with Crippen molar-refractivity contribution in [1.29, 1.82) is 0 Å². The average molecular weight is 261 g/mol. The number of aromatic nitrogens is 1. The molecule has 0 spiro atoms. The second-order valence-corrected chi connectivity index (χ2v) is 6.24. The summed E-state index contributed by atoms with van der Waals surface area (Å²) in [5.41, 5.74) is 5.10. The molecular weight excluding hydrogens is 242 g/mol. The molecule has 0 aliphatic carbocycles. The van der Waals surface area contributed by atoms with Crippen molar-refractivity contribution < 1.29 is 0 Å². The second kappa shape index (κ2) is 4.75. The summed E-state index contributed by atoms with van der Waals surface area (Å²) >= 11 is 0. The molecule has 3 rings (SSSR count). The van der Waals surface area contributed by atoms with Crippen molar-refractivity contribution in [2.45, 2.75) is 26.2 Å². The van der Waals surface area contributed by atoms with Gasteiger partial charge in [0.2, 0.25) is 0 Å². The summed E-state index contributed by atoms with van der Waals surface area (Å²) in [4.78, 5) is 4.36. The summed E-state index contributed by atoms with van der Waals surface area (Å²) in [7, 11) is 0. The standard InChI is InChI=1S/C19H19N/c1-19(2,3)17-9-6-14(7-10-17)15-8-11-18-16(13-15)5-4-12-20-18/h4-13H,1-3H3. The van der Waals surface area contributed by atoms with Gasteiger partial charge in [0.1, 0.15) is 0 Å². The van der Waals surface area contributed by atoms with Crippen LogP contribution in [0, 0.1) is 0 Å². The van der Waals surface area contributed by atoms with Crippen LogP contribution in [0.15, 0.2) is 60.8 Å². The van der Waals surface area contributed by atoms with Crippen molar-refractivity contribution in [3.05, 3.63) is 66.4 Å². The van der Waals surface area contributed by atoms with Gasteiger partial charge >= 0.3 is 0 Å². The number of rotatable bonds is 1. The van der Waals surface area contributed by atoms with E-state index in [0.29, 0.717) is 0 Å². The maximum Gasteiger partial charge on any atom is 0.0702 e. The van der Waals surface area contributed by atoms with Crippen LogP contribution in [0.1, 0.15) is 26.3 Å². The highest BCUT2D eigenvalue weighted by Gasteiger charge is 2.13. The molecule has 3 aromatic rings. The van der Waals surface area contributed by atoms with E-state index in [1.165, 1.54) is 22.1 Å². The predicted octanol–water partition coefficient (Wildman–Crippen LogP) is 5.20. The molecule has 20 heavy (non-hydrogen) atoms. The van der Waals surface area contributed by atoms with E-state index in [9.17, 15) is 0 Å². The first kappa shape index (κ1) is 12.9. The lowest BCUT2D eigenvalue weighted by Crippen LogP contribution is -2.10. The van der Waals surface area contributed by atoms with E-state index < -0.39 is 0 Å². The molecule has 0 unspecified atom stereocenters. The molecule has 0 fully saturated rings. The van der Waals surface area contributed by atoms with Crippen molar-refractivity contribution in [3.8, 4) is 11.1 Å². The molecule has 0 amide bonds. The zero-order valence-electron chi connectivity index (χ0n) is 12.2. The van der Waals surface area contributed by atoms with Gasteiger partial charge in [0.25, 0.3) is 0 Å². The van der Waals surface area contributed by atoms with E-state index in [0.717, 1.165) is 5.52 Å². The molecule has 1 heteroatoms. The highest BCUT2D eigenvalue weighted by Crippen LogP contribution is 2.27. The van der Waals surface area contributed by atoms with Crippen LogP contribution in [0.3, 0.4) is 0 Å². The molecule has 0 aliphatic heterocycles. The number of fused-ring (bicyclic) bond motifs is 1. The van der Waals surface area contributed by atoms with Crippen molar-refractivity contribution >= 4 is 10.9 Å². The molecule has 0 N–H and O–H groups in total. The Kier molecular flexibility index (Phi) is 3.06. The fourth-order valence-electron chi connectivity index (χ4n) is 2.42. The molecule has 0 aliphatic rings. The predicted molar refractivity (Wildman–Crippen MR) is 85.9 cm³/mol. The third-order valence-electron chi connectivity index (χ3n) is 3.69. The Bertz CT molecular complexity index is 734. The van der Waals surface area contributed by atoms with Crippen LogP contribution in [0.25, 0.3) is 22.0 Å². The zero-order valence-corrected chi connectivity index (χ0v) is 12.2. The Balaban J connectivity index is 2.02. The van der Waals surface area contributed by atoms with E-state index in [-0.39, 0.29) is 5.41 Å². The lowest BCUT2D eigenvalue weighted by Gasteiger charge is -2.19. The van der Waals surface area contributed by atoms with E-state index in [1.807, 2.05) is 12.3 Å². The summed E-state index contributed by atoms with van der Waals surface area (Å²) in [6, 6.07) is 19.4. The number of benzene rings is 2. The van der Waals surface area contributed by atoms with E-state index in [2.05, 4.69) is 74.3 Å². The van der Waals surface area contributed by atoms with Gasteiger partial charge in [0.15, 0.2) is 0 Å². The molecule has 1 aromatic heterocycles. The third kappa shape index (κ3) is 2.44. The van der Waals surface area contributed by atoms with Crippen molar-refractivity contribution in [2.75, 3.05) is 0 Å². The van der Waals surface area contributed by atoms with Crippen LogP contribution in [0.2, 0.25) is 0 Å². The molecule has 0 saturated heterocycles. The summed E-state index contributed by atoms with van der Waals surface area (Å²) in [6.07, 6.45) is 1.83. The second-order valence-electron chi connectivity index (χ2n) is 6.24. The van der Waals surface area contributed by atoms with Crippen molar-refractivity contribution in [1.82, 2.24) is 4.98 Å². The number of hydrogen-bond acceptors (Lipinski definition) is 1. The van der Waals surface area contributed by atoms with Gasteiger partial charge in [0, 0.05) is 11.6 Å². The van der Waals surface area contributed by atoms with Crippen LogP contribution in [0.4, 0.5) is 0 Å². The lowest BCUT2D eigenvalue weighted by atomic mass is 9.86. The summed E-state index contributed by atoms with van der Waals surface area (Å²) in [6.45, 7) is 6.72. The fraction of sp³-hybridized carbons (Fsp3) is 0.211. The molecule has 0 atom stereocenters. The third-order valence-corrected chi connectivity index (χ3v) is 3.69. The quantitative estimate of drug-likeness (QED) is 0.586. The van der Waals surface area contributed by atoms with Gasteiger partial charge in [-0.25, -0.2) is 0 Å². The summed E-state index contributed by atoms with van der Waals surface area (Å²) < 4.78 is 0. The Labute approximate surface area is 120 Å². The topological polar surface area (TPSA) is 12.9 Å². The summed E-state index contributed by atoms with van der Waals surface area (Å²) in [5.74, 6) is 0. The van der Waals surface area contributed by atoms with Gasteiger partial charge in [-0.1, -0.05) is 57.2 Å². The molecular formula is C19H19N. The first-order chi connectivity index (χ1) is 9.54. The van der Waals surface area contributed by atoms with Crippen LogP contribution in [0.5, 0.6) is 0 Å². The molecule has 0 saturated carbocycles. The first-order valence-corrected chi connectivity index (χ1v) is 7.00. The average Bonchev–Trinajstić information content (AvgIpc) is 2.46. The van der Waals surface area contributed by atoms with Crippen LogP contribution in [-0.4, -0.2) is 4.98 Å². The van der Waals surface area contributed by atoms with Crippen molar-refractivity contribution in [3.63, 3.8) is 0 Å². The Hall–Kier alpha value is -2.15. The SMILES string of the molecule is CC(C)(C)c1ccc(-c2ccc3ncccc3c2)cc1. The number of pyridine rings is 1. The first-order valence-electron chi connectivity index (χ1n) is 7.00. The maximum atomic E-state index is 4.36. The van der Waals surface area contributed by atoms with Gasteiger partial charge in [-0.15, -0.1) is 0 Å². The van der Waals surface area contributed by atoms with E-state index in [1.54, 1.807) is 0 Å². The fourth-order valence-corrected chi connectivity index (χ4v) is 2.42. The molecule has 100 valence electrons. The zero-order chi connectivity index (χ0) is 14.2. The molecule has 0 bridgehead atoms. The van der Waals surface area contributed by atoms with Crippen LogP contribution >= 0.6 is 0 Å². The summed E-state index contributed by atoms with van der Waals surface area (Å²) in [5, 5.41) is 1.19. The lowest BCUT2D eigenvalue weighted by molar-refractivity contribution is 0.590. The highest BCUT2D eigenvalue weighted by molar-refractivity contribution is 5.84. The minimum atomic E-state index is 0.200. The van der Waals surface area contributed by atoms with Gasteiger partial charge in [-0.05, 0) is 40.3 Å². The molecule has 1 heterocycles.